The Hall–Kier alpha value is -2.73. The summed E-state index contributed by atoms with van der Waals surface area (Å²) < 4.78 is 0. The zero-order valence-corrected chi connectivity index (χ0v) is 17.0. The minimum absolute atomic E-state index is 0.373. The number of carbonyl (C=O) groups is 5. The Labute approximate surface area is 168 Å². The Balaban J connectivity index is 5.34. The van der Waals surface area contributed by atoms with E-state index in [1.807, 2.05) is 0 Å². The lowest BCUT2D eigenvalue weighted by molar-refractivity contribution is -0.144. The summed E-state index contributed by atoms with van der Waals surface area (Å²) in [5.74, 6) is -5.41. The number of aliphatic hydroxyl groups excluding tert-OH is 1. The maximum Gasteiger partial charge on any atom is 0.326 e. The minimum Gasteiger partial charge on any atom is -0.480 e. The monoisotopic (exact) mass is 417 g/mol. The van der Waals surface area contributed by atoms with Crippen molar-refractivity contribution >= 4 is 29.6 Å². The molecular weight excluding hydrogens is 386 g/mol. The normalized spacial score (nSPS) is 15.2. The Kier molecular flexibility index (Phi) is 10.8. The fraction of sp³-hybridized carbons (Fsp3) is 0.706. The van der Waals surface area contributed by atoms with Gasteiger partial charge in [0.25, 0.3) is 0 Å². The smallest absolute Gasteiger partial charge is 0.326 e. The van der Waals surface area contributed by atoms with Crippen molar-refractivity contribution in [3.8, 4) is 0 Å². The number of primary amides is 1. The highest BCUT2D eigenvalue weighted by Gasteiger charge is 2.33. The molecule has 0 fully saturated rings. The van der Waals surface area contributed by atoms with Crippen LogP contribution in [0.5, 0.6) is 0 Å². The summed E-state index contributed by atoms with van der Waals surface area (Å²) in [5, 5.41) is 25.1. The van der Waals surface area contributed by atoms with Gasteiger partial charge in [-0.2, -0.15) is 0 Å². The van der Waals surface area contributed by atoms with Crippen LogP contribution in [0.25, 0.3) is 0 Å². The van der Waals surface area contributed by atoms with Gasteiger partial charge in [-0.1, -0.05) is 27.7 Å². The van der Waals surface area contributed by atoms with E-state index in [2.05, 4.69) is 16.0 Å². The van der Waals surface area contributed by atoms with Gasteiger partial charge in [0.2, 0.25) is 23.6 Å². The summed E-state index contributed by atoms with van der Waals surface area (Å²) in [6.45, 7) is 5.96. The van der Waals surface area contributed by atoms with Crippen LogP contribution < -0.4 is 27.4 Å². The number of aliphatic hydroxyl groups is 1. The van der Waals surface area contributed by atoms with E-state index in [0.717, 1.165) is 0 Å². The largest absolute Gasteiger partial charge is 0.480 e. The molecular formula is C17H31N5O7. The molecule has 29 heavy (non-hydrogen) atoms. The third-order valence-electron chi connectivity index (χ3n) is 4.05. The molecule has 0 aliphatic carbocycles. The van der Waals surface area contributed by atoms with Crippen molar-refractivity contribution in [2.24, 2.45) is 23.3 Å². The molecule has 0 aromatic heterocycles. The summed E-state index contributed by atoms with van der Waals surface area (Å²) in [6.07, 6.45) is -0.608. The first-order valence-electron chi connectivity index (χ1n) is 9.10. The summed E-state index contributed by atoms with van der Waals surface area (Å²) in [7, 11) is 0. The lowest BCUT2D eigenvalue weighted by Crippen LogP contribution is -2.60. The molecule has 0 aromatic carbocycles. The van der Waals surface area contributed by atoms with Crippen LogP contribution in [0.15, 0.2) is 0 Å². The van der Waals surface area contributed by atoms with E-state index in [1.165, 1.54) is 0 Å². The van der Waals surface area contributed by atoms with E-state index in [9.17, 15) is 24.0 Å². The molecule has 12 nitrogen and oxygen atoms in total. The number of carboxylic acid groups (broad SMARTS) is 1. The quantitative estimate of drug-likeness (QED) is 0.174. The Morgan fingerprint density at radius 1 is 0.828 bits per heavy atom. The van der Waals surface area contributed by atoms with Crippen LogP contribution >= 0.6 is 0 Å². The molecule has 0 rings (SSSR count). The molecule has 9 N–H and O–H groups in total. The highest BCUT2D eigenvalue weighted by molar-refractivity contribution is 5.95. The maximum atomic E-state index is 12.6. The number of aliphatic carboxylic acids is 1. The average molecular weight is 417 g/mol. The van der Waals surface area contributed by atoms with Crippen molar-refractivity contribution < 1.29 is 34.2 Å². The number of carbonyl (C=O) groups excluding carboxylic acids is 4. The molecule has 0 saturated carbocycles. The first-order valence-corrected chi connectivity index (χ1v) is 9.10. The van der Waals surface area contributed by atoms with E-state index < -0.39 is 72.7 Å². The van der Waals surface area contributed by atoms with Gasteiger partial charge in [0.05, 0.1) is 13.0 Å². The van der Waals surface area contributed by atoms with Gasteiger partial charge in [-0.25, -0.2) is 4.79 Å². The highest BCUT2D eigenvalue weighted by atomic mass is 16.4. The molecule has 0 aliphatic rings. The molecule has 4 amide bonds. The molecule has 0 radical (unpaired) electrons. The number of rotatable bonds is 12. The second-order valence-corrected chi connectivity index (χ2v) is 7.32. The predicted octanol–water partition coefficient (Wildman–Crippen LogP) is -2.97. The van der Waals surface area contributed by atoms with Gasteiger partial charge in [-0.05, 0) is 11.8 Å². The second-order valence-electron chi connectivity index (χ2n) is 7.32. The zero-order valence-electron chi connectivity index (χ0n) is 17.0. The van der Waals surface area contributed by atoms with Crippen LogP contribution in [-0.4, -0.2) is 70.6 Å². The van der Waals surface area contributed by atoms with Crippen LogP contribution in [0.4, 0.5) is 0 Å². The zero-order chi connectivity index (χ0) is 22.9. The lowest BCUT2D eigenvalue weighted by Gasteiger charge is -2.28. The second kappa shape index (κ2) is 12.0. The minimum atomic E-state index is -1.54. The molecule has 0 saturated heterocycles. The molecule has 0 spiro atoms. The maximum absolute atomic E-state index is 12.6. The first kappa shape index (κ1) is 26.3. The van der Waals surface area contributed by atoms with Gasteiger partial charge in [-0.15, -0.1) is 0 Å². The molecule has 4 unspecified atom stereocenters. The van der Waals surface area contributed by atoms with Crippen molar-refractivity contribution in [3.05, 3.63) is 0 Å². The molecule has 0 aliphatic heterocycles. The summed E-state index contributed by atoms with van der Waals surface area (Å²) in [5.41, 5.74) is 10.4. The fourth-order valence-electron chi connectivity index (χ4n) is 2.32. The topological polar surface area (TPSA) is 214 Å². The van der Waals surface area contributed by atoms with E-state index in [1.54, 1.807) is 27.7 Å². The first-order chi connectivity index (χ1) is 13.3. The van der Waals surface area contributed by atoms with E-state index in [4.69, 9.17) is 21.7 Å². The van der Waals surface area contributed by atoms with Gasteiger partial charge in [-0.3, -0.25) is 19.2 Å². The highest BCUT2D eigenvalue weighted by Crippen LogP contribution is 2.08. The Morgan fingerprint density at radius 3 is 1.59 bits per heavy atom. The molecule has 0 heterocycles. The van der Waals surface area contributed by atoms with Crippen molar-refractivity contribution in [1.82, 2.24) is 16.0 Å². The number of amides is 4. The van der Waals surface area contributed by atoms with Crippen LogP contribution in [0, 0.1) is 11.8 Å². The van der Waals surface area contributed by atoms with Gasteiger partial charge < -0.3 is 37.6 Å². The van der Waals surface area contributed by atoms with Crippen molar-refractivity contribution in [1.29, 1.82) is 0 Å². The number of nitrogens with two attached hydrogens (primary N) is 2. The fourth-order valence-corrected chi connectivity index (χ4v) is 2.32. The molecule has 166 valence electrons. The summed E-state index contributed by atoms with van der Waals surface area (Å²) in [6, 6.07) is -4.93. The van der Waals surface area contributed by atoms with Crippen molar-refractivity contribution in [2.75, 3.05) is 6.61 Å². The molecule has 0 aromatic rings. The van der Waals surface area contributed by atoms with Gasteiger partial charge >= 0.3 is 5.97 Å². The number of carboxylic acids is 1. The number of nitrogens with one attached hydrogen (secondary N) is 3. The summed E-state index contributed by atoms with van der Waals surface area (Å²) in [4.78, 5) is 59.3. The van der Waals surface area contributed by atoms with E-state index >= 15 is 0 Å². The van der Waals surface area contributed by atoms with Crippen LogP contribution in [-0.2, 0) is 24.0 Å². The third kappa shape index (κ3) is 8.87. The molecule has 4 atom stereocenters. The van der Waals surface area contributed by atoms with Crippen LogP contribution in [0.2, 0.25) is 0 Å². The standard InChI is InChI=1S/C17H31N5O7/c1-7(2)12(15(26)20-10(17(28)29)5-11(19)24)22-16(27)13(8(3)4)21-14(25)9(18)6-23/h7-10,12-13,23H,5-6,18H2,1-4H3,(H2,19,24)(H,20,26)(H,21,25)(H,22,27)(H,28,29). The SMILES string of the molecule is CC(C)C(NC(=O)C(N)CO)C(=O)NC(C(=O)NC(CC(N)=O)C(=O)O)C(C)C. The molecule has 0 bridgehead atoms. The van der Waals surface area contributed by atoms with Gasteiger partial charge in [0.15, 0.2) is 0 Å². The predicted molar refractivity (Wildman–Crippen MR) is 102 cm³/mol. The van der Waals surface area contributed by atoms with Crippen LogP contribution in [0.1, 0.15) is 34.1 Å². The van der Waals surface area contributed by atoms with E-state index in [0.29, 0.717) is 0 Å². The van der Waals surface area contributed by atoms with Gasteiger partial charge in [0, 0.05) is 0 Å². The Morgan fingerprint density at radius 2 is 1.24 bits per heavy atom. The summed E-state index contributed by atoms with van der Waals surface area (Å²) >= 11 is 0. The van der Waals surface area contributed by atoms with Crippen molar-refractivity contribution in [3.63, 3.8) is 0 Å². The number of hydrogen-bond acceptors (Lipinski definition) is 7. The van der Waals surface area contributed by atoms with E-state index in [-0.39, 0.29) is 5.92 Å². The Bertz CT molecular complexity index is 623. The number of hydrogen-bond donors (Lipinski definition) is 7. The molecule has 12 heteroatoms. The van der Waals surface area contributed by atoms with Crippen LogP contribution in [0.3, 0.4) is 0 Å². The third-order valence-corrected chi connectivity index (χ3v) is 4.05. The van der Waals surface area contributed by atoms with Gasteiger partial charge in [0.1, 0.15) is 24.2 Å². The van der Waals surface area contributed by atoms with Crippen molar-refractivity contribution in [2.45, 2.75) is 58.3 Å². The lowest BCUT2D eigenvalue weighted by atomic mass is 9.99. The average Bonchev–Trinajstić information content (AvgIpc) is 2.61.